The minimum Gasteiger partial charge on any atom is -0.366 e. The van der Waals surface area contributed by atoms with Crippen LogP contribution in [0.2, 0.25) is 0 Å². The Balaban J connectivity index is 3.77. The monoisotopic (exact) mass is 222 g/mol. The second kappa shape index (κ2) is 3.92. The lowest BCUT2D eigenvalue weighted by molar-refractivity contribution is -0.386. The van der Waals surface area contributed by atoms with E-state index in [0.717, 1.165) is 0 Å². The second-order valence-electron chi connectivity index (χ2n) is 3.84. The lowest BCUT2D eigenvalue weighted by Crippen LogP contribution is -2.17. The highest BCUT2D eigenvalue weighted by Crippen LogP contribution is 2.31. The third-order valence-corrected chi connectivity index (χ3v) is 3.01. The molecule has 0 radical (unpaired) electrons. The Morgan fingerprint density at radius 1 is 1.06 bits per heavy atom. The van der Waals surface area contributed by atoms with E-state index in [2.05, 4.69) is 0 Å². The molecule has 0 bridgehead atoms. The SMILES string of the molecule is Cc1c(C)c([N+](=O)[O-])c(C)c(C)c1C(N)=O. The van der Waals surface area contributed by atoms with Crippen LogP contribution in [0.5, 0.6) is 0 Å². The van der Waals surface area contributed by atoms with Crippen LogP contribution in [-0.2, 0) is 0 Å². The molecule has 5 nitrogen and oxygen atoms in total. The van der Waals surface area contributed by atoms with Crippen molar-refractivity contribution in [2.75, 3.05) is 0 Å². The molecular weight excluding hydrogens is 208 g/mol. The number of hydrogen-bond acceptors (Lipinski definition) is 3. The molecular formula is C11H14N2O3. The average molecular weight is 222 g/mol. The van der Waals surface area contributed by atoms with Gasteiger partial charge < -0.3 is 5.73 Å². The molecule has 0 aliphatic carbocycles. The first-order valence-corrected chi connectivity index (χ1v) is 4.83. The first kappa shape index (κ1) is 12.2. The van der Waals surface area contributed by atoms with Crippen LogP contribution < -0.4 is 5.73 Å². The van der Waals surface area contributed by atoms with Crippen LogP contribution >= 0.6 is 0 Å². The molecule has 16 heavy (non-hydrogen) atoms. The van der Waals surface area contributed by atoms with E-state index < -0.39 is 10.8 Å². The summed E-state index contributed by atoms with van der Waals surface area (Å²) in [5, 5.41) is 10.9. The summed E-state index contributed by atoms with van der Waals surface area (Å²) >= 11 is 0. The number of carbonyl (C=O) groups excluding carboxylic acids is 1. The molecule has 1 amide bonds. The number of amides is 1. The Bertz CT molecular complexity index is 418. The number of rotatable bonds is 2. The number of hydrogen-bond donors (Lipinski definition) is 1. The van der Waals surface area contributed by atoms with E-state index in [9.17, 15) is 14.9 Å². The van der Waals surface area contributed by atoms with Crippen molar-refractivity contribution in [2.24, 2.45) is 5.73 Å². The van der Waals surface area contributed by atoms with Crippen LogP contribution in [0.15, 0.2) is 0 Å². The van der Waals surface area contributed by atoms with Gasteiger partial charge in [0, 0.05) is 16.7 Å². The van der Waals surface area contributed by atoms with Crippen LogP contribution in [0.4, 0.5) is 5.69 Å². The number of benzene rings is 1. The average Bonchev–Trinajstić information content (AvgIpc) is 2.14. The second-order valence-corrected chi connectivity index (χ2v) is 3.84. The summed E-state index contributed by atoms with van der Waals surface area (Å²) in [7, 11) is 0. The first-order chi connectivity index (χ1) is 7.29. The largest absolute Gasteiger partial charge is 0.366 e. The van der Waals surface area contributed by atoms with Crippen molar-refractivity contribution in [1.29, 1.82) is 0 Å². The molecule has 0 unspecified atom stereocenters. The smallest absolute Gasteiger partial charge is 0.275 e. The van der Waals surface area contributed by atoms with Crippen molar-refractivity contribution in [1.82, 2.24) is 0 Å². The number of primary amides is 1. The van der Waals surface area contributed by atoms with Crippen molar-refractivity contribution in [3.63, 3.8) is 0 Å². The van der Waals surface area contributed by atoms with Gasteiger partial charge in [0.1, 0.15) is 0 Å². The molecule has 1 aromatic rings. The highest BCUT2D eigenvalue weighted by atomic mass is 16.6. The van der Waals surface area contributed by atoms with Crippen LogP contribution in [0, 0.1) is 37.8 Å². The maximum Gasteiger partial charge on any atom is 0.275 e. The number of nitrogens with zero attached hydrogens (tertiary/aromatic N) is 1. The fourth-order valence-corrected chi connectivity index (χ4v) is 1.94. The van der Waals surface area contributed by atoms with Gasteiger partial charge in [0.15, 0.2) is 0 Å². The maximum atomic E-state index is 11.3. The lowest BCUT2D eigenvalue weighted by atomic mass is 9.92. The van der Waals surface area contributed by atoms with Crippen molar-refractivity contribution in [3.05, 3.63) is 37.9 Å². The summed E-state index contributed by atoms with van der Waals surface area (Å²) in [6.45, 7) is 6.61. The van der Waals surface area contributed by atoms with Gasteiger partial charge in [-0.05, 0) is 38.8 Å². The molecule has 0 spiro atoms. The van der Waals surface area contributed by atoms with Crippen molar-refractivity contribution in [2.45, 2.75) is 27.7 Å². The summed E-state index contributed by atoms with van der Waals surface area (Å²) in [6, 6.07) is 0. The molecule has 5 heteroatoms. The standard InChI is InChI=1S/C11H14N2O3/c1-5-7(3)10(13(15)16)8(4)6(2)9(5)11(12)14/h1-4H3,(H2,12,14). The molecule has 0 atom stereocenters. The Morgan fingerprint density at radius 2 is 1.44 bits per heavy atom. The minimum absolute atomic E-state index is 0.0694. The van der Waals surface area contributed by atoms with Crippen LogP contribution in [0.1, 0.15) is 32.6 Å². The third kappa shape index (κ3) is 1.64. The highest BCUT2D eigenvalue weighted by Gasteiger charge is 2.24. The van der Waals surface area contributed by atoms with Crippen molar-refractivity contribution >= 4 is 11.6 Å². The van der Waals surface area contributed by atoms with E-state index in [-0.39, 0.29) is 5.69 Å². The lowest BCUT2D eigenvalue weighted by Gasteiger charge is -2.13. The Labute approximate surface area is 93.4 Å². The summed E-state index contributed by atoms with van der Waals surface area (Å²) in [5.41, 5.74) is 7.90. The van der Waals surface area contributed by atoms with Gasteiger partial charge in [-0.3, -0.25) is 14.9 Å². The highest BCUT2D eigenvalue weighted by molar-refractivity contribution is 5.97. The molecule has 2 N–H and O–H groups in total. The van der Waals surface area contributed by atoms with E-state index in [1.165, 1.54) is 0 Å². The predicted octanol–water partition coefficient (Wildman–Crippen LogP) is 1.93. The molecule has 0 fully saturated rings. The molecule has 1 aromatic carbocycles. The first-order valence-electron chi connectivity index (χ1n) is 4.83. The van der Waals surface area contributed by atoms with Gasteiger partial charge in [-0.1, -0.05) is 0 Å². The number of carbonyl (C=O) groups is 1. The van der Waals surface area contributed by atoms with Crippen LogP contribution in [-0.4, -0.2) is 10.8 Å². The zero-order chi connectivity index (χ0) is 12.6. The zero-order valence-electron chi connectivity index (χ0n) is 9.75. The van der Waals surface area contributed by atoms with Crippen LogP contribution in [0.3, 0.4) is 0 Å². The zero-order valence-corrected chi connectivity index (χ0v) is 9.75. The predicted molar refractivity (Wildman–Crippen MR) is 60.6 cm³/mol. The Morgan fingerprint density at radius 3 is 1.69 bits per heavy atom. The Kier molecular flexibility index (Phi) is 2.98. The topological polar surface area (TPSA) is 86.2 Å². The van der Waals surface area contributed by atoms with Gasteiger partial charge in [0.2, 0.25) is 5.91 Å². The number of nitrogens with two attached hydrogens (primary N) is 1. The van der Waals surface area contributed by atoms with Crippen LogP contribution in [0.25, 0.3) is 0 Å². The molecule has 1 rings (SSSR count). The molecule has 0 aliphatic heterocycles. The molecule has 86 valence electrons. The summed E-state index contributed by atoms with van der Waals surface area (Å²) in [4.78, 5) is 21.8. The van der Waals surface area contributed by atoms with E-state index in [4.69, 9.17) is 5.73 Å². The summed E-state index contributed by atoms with van der Waals surface area (Å²) in [5.74, 6) is -0.545. The normalized spacial score (nSPS) is 10.2. The van der Waals surface area contributed by atoms with E-state index in [1.54, 1.807) is 27.7 Å². The number of nitro benzene ring substituents is 1. The molecule has 0 aromatic heterocycles. The fourth-order valence-electron chi connectivity index (χ4n) is 1.94. The summed E-state index contributed by atoms with van der Waals surface area (Å²) in [6.07, 6.45) is 0. The molecule has 0 heterocycles. The van der Waals surface area contributed by atoms with E-state index in [0.29, 0.717) is 27.8 Å². The van der Waals surface area contributed by atoms with Gasteiger partial charge >= 0.3 is 0 Å². The molecule has 0 saturated carbocycles. The number of nitro groups is 1. The third-order valence-electron chi connectivity index (χ3n) is 3.01. The van der Waals surface area contributed by atoms with Gasteiger partial charge in [0.05, 0.1) is 4.92 Å². The van der Waals surface area contributed by atoms with Crippen molar-refractivity contribution in [3.8, 4) is 0 Å². The van der Waals surface area contributed by atoms with Gasteiger partial charge in [-0.15, -0.1) is 0 Å². The van der Waals surface area contributed by atoms with Gasteiger partial charge in [0.25, 0.3) is 5.69 Å². The van der Waals surface area contributed by atoms with Gasteiger partial charge in [-0.25, -0.2) is 0 Å². The summed E-state index contributed by atoms with van der Waals surface area (Å²) < 4.78 is 0. The molecule has 0 saturated heterocycles. The van der Waals surface area contributed by atoms with Crippen molar-refractivity contribution < 1.29 is 9.72 Å². The Hall–Kier alpha value is -1.91. The van der Waals surface area contributed by atoms with E-state index in [1.807, 2.05) is 0 Å². The van der Waals surface area contributed by atoms with Gasteiger partial charge in [-0.2, -0.15) is 0 Å². The minimum atomic E-state index is -0.545. The fraction of sp³-hybridized carbons (Fsp3) is 0.364. The maximum absolute atomic E-state index is 11.3. The van der Waals surface area contributed by atoms with E-state index >= 15 is 0 Å². The molecule has 0 aliphatic rings. The quantitative estimate of drug-likeness (QED) is 0.612.